The molecule has 0 bridgehead atoms. The van der Waals surface area contributed by atoms with Gasteiger partial charge in [0.05, 0.1) is 10.9 Å². The van der Waals surface area contributed by atoms with Crippen molar-refractivity contribution in [2.24, 2.45) is 0 Å². The van der Waals surface area contributed by atoms with Crippen LogP contribution >= 0.6 is 11.8 Å². The van der Waals surface area contributed by atoms with Crippen LogP contribution in [0, 0.1) is 0 Å². The fraction of sp³-hybridized carbons (Fsp3) is 0.450. The highest BCUT2D eigenvalue weighted by molar-refractivity contribution is 8.00. The van der Waals surface area contributed by atoms with Crippen LogP contribution in [0.3, 0.4) is 0 Å². The third kappa shape index (κ3) is 5.48. The predicted octanol–water partition coefficient (Wildman–Crippen LogP) is 3.81. The van der Waals surface area contributed by atoms with Crippen LogP contribution in [0.2, 0.25) is 0 Å². The number of thioether (sulfide) groups is 1. The molecule has 1 fully saturated rings. The number of piperazine rings is 1. The summed E-state index contributed by atoms with van der Waals surface area (Å²) in [6.07, 6.45) is -4.59. The van der Waals surface area contributed by atoms with E-state index in [1.54, 1.807) is 42.2 Å². The molecule has 0 spiro atoms. The molecule has 29 heavy (non-hydrogen) atoms. The minimum absolute atomic E-state index is 0.0493. The quantitative estimate of drug-likeness (QED) is 0.540. The van der Waals surface area contributed by atoms with Crippen molar-refractivity contribution in [3.05, 3.63) is 42.1 Å². The molecule has 9 heteroatoms. The number of hydrogen-bond acceptors (Lipinski definition) is 5. The number of nitrogens with zero attached hydrogens (tertiary/aromatic N) is 4. The number of carbonyl (C=O) groups is 1. The first kappa shape index (κ1) is 21.6. The van der Waals surface area contributed by atoms with Gasteiger partial charge >= 0.3 is 6.18 Å². The first-order valence-electron chi connectivity index (χ1n) is 9.47. The minimum Gasteiger partial charge on any atom is -0.339 e. The van der Waals surface area contributed by atoms with Crippen LogP contribution in [0.25, 0.3) is 11.3 Å². The largest absolute Gasteiger partial charge is 0.433 e. The monoisotopic (exact) mass is 424 g/mol. The average Bonchev–Trinajstić information content (AvgIpc) is 2.73. The third-order valence-corrected chi connectivity index (χ3v) is 5.78. The number of likely N-dealkylation sites (N-methyl/N-ethyl adjacent to an activating group) is 1. The fourth-order valence-corrected chi connectivity index (χ4v) is 4.00. The van der Waals surface area contributed by atoms with Crippen molar-refractivity contribution in [3.8, 4) is 11.3 Å². The van der Waals surface area contributed by atoms with Crippen LogP contribution < -0.4 is 0 Å². The van der Waals surface area contributed by atoms with Crippen LogP contribution in [0.4, 0.5) is 13.2 Å². The maximum absolute atomic E-state index is 13.3. The summed E-state index contributed by atoms with van der Waals surface area (Å²) in [5.41, 5.74) is -0.256. The van der Waals surface area contributed by atoms with Gasteiger partial charge in [0.1, 0.15) is 5.69 Å². The van der Waals surface area contributed by atoms with Gasteiger partial charge in [0.2, 0.25) is 5.91 Å². The van der Waals surface area contributed by atoms with Crippen molar-refractivity contribution in [1.29, 1.82) is 0 Å². The first-order chi connectivity index (χ1) is 13.8. The lowest BCUT2D eigenvalue weighted by Crippen LogP contribution is -2.50. The number of aromatic nitrogens is 2. The predicted molar refractivity (Wildman–Crippen MR) is 106 cm³/mol. The number of carbonyl (C=O) groups excluding carboxylic acids is 1. The molecule has 1 aliphatic heterocycles. The molecule has 5 nitrogen and oxygen atoms in total. The van der Waals surface area contributed by atoms with E-state index in [1.165, 1.54) is 0 Å². The molecule has 2 heterocycles. The van der Waals surface area contributed by atoms with Crippen molar-refractivity contribution in [2.45, 2.75) is 30.4 Å². The third-order valence-electron chi connectivity index (χ3n) is 4.83. The fourth-order valence-electron chi connectivity index (χ4n) is 3.13. The number of hydrogen-bond donors (Lipinski definition) is 0. The number of benzene rings is 1. The first-order valence-corrected chi connectivity index (χ1v) is 10.4. The summed E-state index contributed by atoms with van der Waals surface area (Å²) in [6.45, 7) is 7.55. The summed E-state index contributed by atoms with van der Waals surface area (Å²) >= 11 is 0.964. The second-order valence-corrected chi connectivity index (χ2v) is 8.11. The van der Waals surface area contributed by atoms with E-state index in [0.29, 0.717) is 18.7 Å². The standard InChI is InChI=1S/C20H23F3N4OS/c1-3-26-9-11-27(12-10-26)18(28)14(2)29-19-24-16(15-7-5-4-6-8-15)13-17(25-19)20(21,22)23/h4-8,13-14H,3,9-12H2,1-2H3/t14-/m1/s1. The Bertz CT molecular complexity index is 839. The Morgan fingerprint density at radius 3 is 2.38 bits per heavy atom. The van der Waals surface area contributed by atoms with Crippen LogP contribution in [-0.2, 0) is 11.0 Å². The molecule has 0 unspecified atom stereocenters. The topological polar surface area (TPSA) is 49.3 Å². The smallest absolute Gasteiger partial charge is 0.339 e. The van der Waals surface area contributed by atoms with E-state index in [2.05, 4.69) is 21.8 Å². The van der Waals surface area contributed by atoms with Gasteiger partial charge in [0.15, 0.2) is 5.16 Å². The van der Waals surface area contributed by atoms with Gasteiger partial charge in [-0.2, -0.15) is 13.2 Å². The van der Waals surface area contributed by atoms with Crippen molar-refractivity contribution in [2.75, 3.05) is 32.7 Å². The van der Waals surface area contributed by atoms with Crippen molar-refractivity contribution in [3.63, 3.8) is 0 Å². The molecule has 1 amide bonds. The molecule has 2 aromatic rings. The van der Waals surface area contributed by atoms with Crippen LogP contribution in [0.15, 0.2) is 41.6 Å². The van der Waals surface area contributed by atoms with Gasteiger partial charge in [-0.25, -0.2) is 9.97 Å². The van der Waals surface area contributed by atoms with Crippen LogP contribution in [-0.4, -0.2) is 63.6 Å². The Labute approximate surface area is 172 Å². The van der Waals surface area contributed by atoms with E-state index in [0.717, 1.165) is 37.5 Å². The maximum atomic E-state index is 13.3. The van der Waals surface area contributed by atoms with Crippen LogP contribution in [0.5, 0.6) is 0 Å². The molecular weight excluding hydrogens is 401 g/mol. The highest BCUT2D eigenvalue weighted by Gasteiger charge is 2.34. The van der Waals surface area contributed by atoms with Gasteiger partial charge in [0, 0.05) is 31.7 Å². The molecule has 1 saturated heterocycles. The number of halogens is 3. The Morgan fingerprint density at radius 1 is 1.14 bits per heavy atom. The van der Waals surface area contributed by atoms with Crippen LogP contribution in [0.1, 0.15) is 19.5 Å². The summed E-state index contributed by atoms with van der Waals surface area (Å²) in [4.78, 5) is 24.7. The van der Waals surface area contributed by atoms with Gasteiger partial charge in [-0.15, -0.1) is 0 Å². The van der Waals surface area contributed by atoms with Gasteiger partial charge in [-0.1, -0.05) is 49.0 Å². The average molecular weight is 424 g/mol. The van der Waals surface area contributed by atoms with E-state index < -0.39 is 17.1 Å². The molecule has 3 rings (SSSR count). The van der Waals surface area contributed by atoms with E-state index in [-0.39, 0.29) is 16.8 Å². The lowest BCUT2D eigenvalue weighted by Gasteiger charge is -2.35. The molecule has 0 saturated carbocycles. The van der Waals surface area contributed by atoms with E-state index in [1.807, 2.05) is 0 Å². The number of amides is 1. The highest BCUT2D eigenvalue weighted by Crippen LogP contribution is 2.33. The van der Waals surface area contributed by atoms with E-state index >= 15 is 0 Å². The molecule has 0 N–H and O–H groups in total. The molecule has 1 aromatic carbocycles. The number of rotatable bonds is 5. The highest BCUT2D eigenvalue weighted by atomic mass is 32.2. The SMILES string of the molecule is CCN1CCN(C(=O)[C@@H](C)Sc2nc(-c3ccccc3)cc(C(F)(F)F)n2)CC1. The normalized spacial score (nSPS) is 16.7. The van der Waals surface area contributed by atoms with Gasteiger partial charge in [-0.05, 0) is 19.5 Å². The molecule has 1 atom stereocenters. The summed E-state index contributed by atoms with van der Waals surface area (Å²) in [5, 5.41) is -0.623. The Balaban J connectivity index is 1.79. The second kappa shape index (κ2) is 9.13. The van der Waals surface area contributed by atoms with Gasteiger partial charge in [0.25, 0.3) is 0 Å². The van der Waals surface area contributed by atoms with Crippen molar-refractivity contribution in [1.82, 2.24) is 19.8 Å². The number of alkyl halides is 3. The molecule has 156 valence electrons. The Hall–Kier alpha value is -2.13. The Morgan fingerprint density at radius 2 is 1.79 bits per heavy atom. The van der Waals surface area contributed by atoms with Gasteiger partial charge < -0.3 is 9.80 Å². The molecule has 1 aromatic heterocycles. The van der Waals surface area contributed by atoms with Gasteiger partial charge in [-0.3, -0.25) is 4.79 Å². The summed E-state index contributed by atoms with van der Waals surface area (Å²) < 4.78 is 40.0. The summed E-state index contributed by atoms with van der Waals surface area (Å²) in [5.74, 6) is -0.104. The zero-order valence-corrected chi connectivity index (χ0v) is 17.1. The zero-order valence-electron chi connectivity index (χ0n) is 16.3. The lowest BCUT2D eigenvalue weighted by molar-refractivity contribution is -0.141. The second-order valence-electron chi connectivity index (χ2n) is 6.80. The van der Waals surface area contributed by atoms with Crippen molar-refractivity contribution >= 4 is 17.7 Å². The zero-order chi connectivity index (χ0) is 21.0. The maximum Gasteiger partial charge on any atom is 0.433 e. The Kier molecular flexibility index (Phi) is 6.79. The molecule has 0 radical (unpaired) electrons. The lowest BCUT2D eigenvalue weighted by atomic mass is 10.1. The molecular formula is C20H23F3N4OS. The molecule has 0 aliphatic carbocycles. The summed E-state index contributed by atoms with van der Waals surface area (Å²) in [7, 11) is 0. The minimum atomic E-state index is -4.59. The van der Waals surface area contributed by atoms with E-state index in [9.17, 15) is 18.0 Å². The summed E-state index contributed by atoms with van der Waals surface area (Å²) in [6, 6.07) is 9.58. The van der Waals surface area contributed by atoms with E-state index in [4.69, 9.17) is 0 Å². The van der Waals surface area contributed by atoms with Crippen molar-refractivity contribution < 1.29 is 18.0 Å². The molecule has 1 aliphatic rings.